The van der Waals surface area contributed by atoms with Gasteiger partial charge in [0, 0.05) is 31.7 Å². The molecule has 6 nitrogen and oxygen atoms in total. The van der Waals surface area contributed by atoms with Crippen molar-refractivity contribution in [2.24, 2.45) is 0 Å². The van der Waals surface area contributed by atoms with E-state index in [-0.39, 0.29) is 17.0 Å². The van der Waals surface area contributed by atoms with Gasteiger partial charge in [-0.15, -0.1) is 0 Å². The number of β-amino-alcohol motifs (C(OH)–C–C–N with tert-alkyl or cyclic N) is 1. The van der Waals surface area contributed by atoms with Gasteiger partial charge in [-0.25, -0.2) is 8.42 Å². The maximum absolute atomic E-state index is 11.5. The molecule has 0 aromatic carbocycles. The molecule has 0 amide bonds. The van der Waals surface area contributed by atoms with Crippen LogP contribution in [0.15, 0.2) is 0 Å². The zero-order valence-corrected chi connectivity index (χ0v) is 12.3. The molecular weight excluding hydrogens is 268 g/mol. The first kappa shape index (κ1) is 15.2. The molecule has 0 aromatic heterocycles. The topological polar surface area (TPSA) is 78.9 Å². The van der Waals surface area contributed by atoms with Crippen LogP contribution in [0.4, 0.5) is 0 Å². The normalized spacial score (nSPS) is 33.4. The molecule has 112 valence electrons. The van der Waals surface area contributed by atoms with Gasteiger partial charge in [0.1, 0.15) is 0 Å². The Morgan fingerprint density at radius 1 is 1.42 bits per heavy atom. The Bertz CT molecular complexity index is 395. The number of nitrogens with zero attached hydrogens (tertiary/aromatic N) is 1. The predicted octanol–water partition coefficient (Wildman–Crippen LogP) is -1.15. The van der Waals surface area contributed by atoms with E-state index in [4.69, 9.17) is 4.74 Å². The summed E-state index contributed by atoms with van der Waals surface area (Å²) in [5.41, 5.74) is -0.384. The number of aliphatic hydroxyl groups is 1. The van der Waals surface area contributed by atoms with E-state index in [0.29, 0.717) is 19.5 Å². The maximum Gasteiger partial charge on any atom is 0.152 e. The summed E-state index contributed by atoms with van der Waals surface area (Å²) in [5.74, 6) is 0.417. The van der Waals surface area contributed by atoms with Gasteiger partial charge in [-0.1, -0.05) is 0 Å². The van der Waals surface area contributed by atoms with Crippen molar-refractivity contribution in [1.82, 2.24) is 10.2 Å². The highest BCUT2D eigenvalue weighted by atomic mass is 32.2. The predicted molar refractivity (Wildman–Crippen MR) is 72.9 cm³/mol. The highest BCUT2D eigenvalue weighted by Gasteiger charge is 2.38. The van der Waals surface area contributed by atoms with E-state index in [1.165, 1.54) is 0 Å². The van der Waals surface area contributed by atoms with E-state index in [9.17, 15) is 13.5 Å². The Morgan fingerprint density at radius 2 is 2.11 bits per heavy atom. The number of sulfone groups is 1. The summed E-state index contributed by atoms with van der Waals surface area (Å²) in [5, 5.41) is 13.2. The molecule has 2 saturated heterocycles. The number of nitrogens with one attached hydrogen (secondary N) is 1. The second kappa shape index (κ2) is 6.05. The maximum atomic E-state index is 11.5. The minimum Gasteiger partial charge on any atom is -0.390 e. The van der Waals surface area contributed by atoms with Crippen LogP contribution in [0.3, 0.4) is 0 Å². The largest absolute Gasteiger partial charge is 0.390 e. The number of hydrogen-bond donors (Lipinski definition) is 2. The first-order chi connectivity index (χ1) is 8.89. The highest BCUT2D eigenvalue weighted by molar-refractivity contribution is 7.91. The van der Waals surface area contributed by atoms with E-state index < -0.39 is 15.9 Å². The monoisotopic (exact) mass is 292 g/mol. The second-order valence-electron chi connectivity index (χ2n) is 5.85. The van der Waals surface area contributed by atoms with Crippen LogP contribution < -0.4 is 5.32 Å². The van der Waals surface area contributed by atoms with Crippen molar-refractivity contribution in [2.45, 2.75) is 25.0 Å². The van der Waals surface area contributed by atoms with Gasteiger partial charge >= 0.3 is 0 Å². The molecule has 2 unspecified atom stereocenters. The molecule has 19 heavy (non-hydrogen) atoms. The number of hydrogen-bond acceptors (Lipinski definition) is 6. The third kappa shape index (κ3) is 4.68. The molecular formula is C12H24N2O4S. The van der Waals surface area contributed by atoms with Crippen LogP contribution in [-0.2, 0) is 14.6 Å². The first-order valence-electron chi connectivity index (χ1n) is 6.82. The summed E-state index contributed by atoms with van der Waals surface area (Å²) in [4.78, 5) is 2.17. The van der Waals surface area contributed by atoms with Crippen molar-refractivity contribution in [1.29, 1.82) is 0 Å². The molecule has 0 bridgehead atoms. The van der Waals surface area contributed by atoms with Crippen molar-refractivity contribution in [2.75, 3.05) is 50.9 Å². The lowest BCUT2D eigenvalue weighted by molar-refractivity contribution is 0.0138. The molecule has 0 saturated carbocycles. The third-order valence-corrected chi connectivity index (χ3v) is 5.74. The Morgan fingerprint density at radius 3 is 2.68 bits per heavy atom. The third-order valence-electron chi connectivity index (χ3n) is 3.84. The van der Waals surface area contributed by atoms with Crippen molar-refractivity contribution in [3.63, 3.8) is 0 Å². The van der Waals surface area contributed by atoms with Gasteiger partial charge < -0.3 is 15.2 Å². The molecule has 0 radical (unpaired) electrons. The van der Waals surface area contributed by atoms with Gasteiger partial charge in [0.2, 0.25) is 0 Å². The van der Waals surface area contributed by atoms with Gasteiger partial charge in [-0.3, -0.25) is 4.90 Å². The summed E-state index contributed by atoms with van der Waals surface area (Å²) in [6, 6.07) is 0. The van der Waals surface area contributed by atoms with E-state index in [1.54, 1.807) is 0 Å². The van der Waals surface area contributed by atoms with Crippen molar-refractivity contribution in [3.8, 4) is 0 Å². The van der Waals surface area contributed by atoms with Gasteiger partial charge in [0.15, 0.2) is 9.84 Å². The van der Waals surface area contributed by atoms with Gasteiger partial charge in [-0.2, -0.15) is 0 Å². The first-order valence-corrected chi connectivity index (χ1v) is 8.64. The van der Waals surface area contributed by atoms with E-state index in [0.717, 1.165) is 26.3 Å². The number of rotatable bonds is 5. The summed E-state index contributed by atoms with van der Waals surface area (Å²) in [7, 11) is -2.90. The molecule has 2 aliphatic rings. The van der Waals surface area contributed by atoms with Crippen LogP contribution in [-0.4, -0.2) is 81.0 Å². The lowest BCUT2D eigenvalue weighted by Gasteiger charge is -2.30. The molecule has 2 rings (SSSR count). The Labute approximate surface area is 115 Å². The minimum atomic E-state index is -2.90. The van der Waals surface area contributed by atoms with Crippen molar-refractivity contribution >= 4 is 9.84 Å². The van der Waals surface area contributed by atoms with Crippen LogP contribution in [0.5, 0.6) is 0 Å². The average Bonchev–Trinajstić information content (AvgIpc) is 2.63. The Kier molecular flexibility index (Phi) is 4.84. The minimum absolute atomic E-state index is 0.171. The number of morpholine rings is 1. The molecule has 0 spiro atoms. The van der Waals surface area contributed by atoms with Crippen LogP contribution in [0.1, 0.15) is 13.3 Å². The lowest BCUT2D eigenvalue weighted by atomic mass is 10.0. The molecule has 2 fully saturated rings. The summed E-state index contributed by atoms with van der Waals surface area (Å²) < 4.78 is 28.2. The zero-order chi connectivity index (χ0) is 13.9. The molecule has 0 aromatic rings. The smallest absolute Gasteiger partial charge is 0.152 e. The van der Waals surface area contributed by atoms with Crippen LogP contribution in [0.25, 0.3) is 0 Å². The molecule has 7 heteroatoms. The zero-order valence-electron chi connectivity index (χ0n) is 11.5. The summed E-state index contributed by atoms with van der Waals surface area (Å²) in [6.07, 6.45) is 0.151. The quantitative estimate of drug-likeness (QED) is 0.666. The molecule has 2 aliphatic heterocycles. The average molecular weight is 292 g/mol. The van der Waals surface area contributed by atoms with E-state index >= 15 is 0 Å². The molecule has 2 N–H and O–H groups in total. The van der Waals surface area contributed by atoms with Gasteiger partial charge in [0.25, 0.3) is 0 Å². The van der Waals surface area contributed by atoms with E-state index in [1.807, 2.05) is 6.92 Å². The molecule has 2 heterocycles. The van der Waals surface area contributed by atoms with Crippen molar-refractivity contribution in [3.05, 3.63) is 0 Å². The van der Waals surface area contributed by atoms with Crippen LogP contribution in [0, 0.1) is 0 Å². The van der Waals surface area contributed by atoms with Crippen molar-refractivity contribution < 1.29 is 18.3 Å². The second-order valence-corrected chi connectivity index (χ2v) is 8.03. The van der Waals surface area contributed by atoms with Crippen LogP contribution in [0.2, 0.25) is 0 Å². The lowest BCUT2D eigenvalue weighted by Crippen LogP contribution is -2.50. The number of aliphatic hydroxyl groups excluding tert-OH is 1. The fourth-order valence-electron chi connectivity index (χ4n) is 2.66. The standard InChI is InChI=1S/C12H24N2O4S/c1-12(2-7-19(16,17)10-12)13-8-11(15)9-14-3-5-18-6-4-14/h11,13,15H,2-10H2,1H3. The molecule has 2 atom stereocenters. The van der Waals surface area contributed by atoms with Crippen LogP contribution >= 0.6 is 0 Å². The fraction of sp³-hybridized carbons (Fsp3) is 1.00. The Hall–Kier alpha value is -0.210. The van der Waals surface area contributed by atoms with Gasteiger partial charge in [-0.05, 0) is 13.3 Å². The van der Waals surface area contributed by atoms with E-state index in [2.05, 4.69) is 10.2 Å². The van der Waals surface area contributed by atoms with Gasteiger partial charge in [0.05, 0.1) is 30.8 Å². The highest BCUT2D eigenvalue weighted by Crippen LogP contribution is 2.22. The number of ether oxygens (including phenoxy) is 1. The Balaban J connectivity index is 1.72. The fourth-order valence-corrected chi connectivity index (χ4v) is 4.78. The SMILES string of the molecule is CC1(NCC(O)CN2CCOCC2)CCS(=O)(=O)C1. The molecule has 0 aliphatic carbocycles. The summed E-state index contributed by atoms with van der Waals surface area (Å²) in [6.45, 7) is 6.10. The summed E-state index contributed by atoms with van der Waals surface area (Å²) >= 11 is 0.